The minimum Gasteiger partial charge on any atom is -0.484 e. The van der Waals surface area contributed by atoms with E-state index < -0.39 is 0 Å². The Morgan fingerprint density at radius 3 is 2.88 bits per heavy atom. The molecule has 1 aromatic carbocycles. The predicted molar refractivity (Wildman–Crippen MR) is 61.8 cm³/mol. The van der Waals surface area contributed by atoms with Gasteiger partial charge in [-0.05, 0) is 18.6 Å². The van der Waals surface area contributed by atoms with E-state index in [-0.39, 0.29) is 6.10 Å². The molecule has 5 heteroatoms. The van der Waals surface area contributed by atoms with E-state index in [2.05, 4.69) is 0 Å². The van der Waals surface area contributed by atoms with Crippen molar-refractivity contribution in [3.8, 4) is 11.5 Å². The van der Waals surface area contributed by atoms with Crippen molar-refractivity contribution in [1.82, 2.24) is 0 Å². The Labute approximate surface area is 94.3 Å². The molecule has 2 rings (SSSR count). The van der Waals surface area contributed by atoms with Crippen LogP contribution >= 0.6 is 0 Å². The molecule has 1 aliphatic heterocycles. The second-order valence-corrected chi connectivity index (χ2v) is 3.86. The Kier molecular flexibility index (Phi) is 2.78. The van der Waals surface area contributed by atoms with Crippen molar-refractivity contribution in [2.45, 2.75) is 13.0 Å². The Morgan fingerprint density at radius 1 is 1.44 bits per heavy atom. The number of fused-ring (bicyclic) bond motifs is 1. The monoisotopic (exact) mass is 224 g/mol. The van der Waals surface area contributed by atoms with Gasteiger partial charge in [-0.1, -0.05) is 0 Å². The van der Waals surface area contributed by atoms with Crippen LogP contribution in [0.15, 0.2) is 6.07 Å². The van der Waals surface area contributed by atoms with Crippen LogP contribution in [0.2, 0.25) is 0 Å². The molecule has 4 N–H and O–H groups in total. The number of aryl methyl sites for hydroxylation is 1. The first-order valence-electron chi connectivity index (χ1n) is 5.10. The highest BCUT2D eigenvalue weighted by molar-refractivity contribution is 5.74. The second kappa shape index (κ2) is 4.09. The van der Waals surface area contributed by atoms with Gasteiger partial charge in [0.1, 0.15) is 6.61 Å². The highest BCUT2D eigenvalue weighted by atomic mass is 16.6. The van der Waals surface area contributed by atoms with Crippen LogP contribution in [-0.2, 0) is 4.74 Å². The molecule has 16 heavy (non-hydrogen) atoms. The lowest BCUT2D eigenvalue weighted by Gasteiger charge is -2.28. The summed E-state index contributed by atoms with van der Waals surface area (Å²) in [5.41, 5.74) is 13.8. The van der Waals surface area contributed by atoms with Gasteiger partial charge in [0.2, 0.25) is 0 Å². The number of methoxy groups -OCH3 is 1. The zero-order valence-corrected chi connectivity index (χ0v) is 9.45. The zero-order chi connectivity index (χ0) is 11.7. The van der Waals surface area contributed by atoms with Crippen LogP contribution in [0, 0.1) is 6.92 Å². The molecule has 0 saturated carbocycles. The van der Waals surface area contributed by atoms with Crippen molar-refractivity contribution < 1.29 is 14.2 Å². The minimum atomic E-state index is -0.137. The van der Waals surface area contributed by atoms with Crippen LogP contribution in [0.3, 0.4) is 0 Å². The number of hydrogen-bond donors (Lipinski definition) is 2. The maximum absolute atomic E-state index is 5.90. The molecule has 0 amide bonds. The van der Waals surface area contributed by atoms with E-state index in [1.54, 1.807) is 13.2 Å². The molecular weight excluding hydrogens is 208 g/mol. The molecule has 1 heterocycles. The third kappa shape index (κ3) is 1.74. The van der Waals surface area contributed by atoms with Gasteiger partial charge in [-0.25, -0.2) is 0 Å². The lowest BCUT2D eigenvalue weighted by Crippen LogP contribution is -2.33. The topological polar surface area (TPSA) is 79.7 Å². The van der Waals surface area contributed by atoms with Crippen molar-refractivity contribution in [2.24, 2.45) is 0 Å². The first-order chi connectivity index (χ1) is 7.63. The lowest BCUT2D eigenvalue weighted by molar-refractivity contribution is 0.0282. The molecule has 88 valence electrons. The summed E-state index contributed by atoms with van der Waals surface area (Å²) < 4.78 is 16.3. The van der Waals surface area contributed by atoms with E-state index in [0.717, 1.165) is 5.56 Å². The number of benzene rings is 1. The SMILES string of the molecule is COCC1COc2c(N)c(C)cc(N)c2O1. The molecule has 0 saturated heterocycles. The number of hydrogen-bond acceptors (Lipinski definition) is 5. The van der Waals surface area contributed by atoms with Crippen LogP contribution in [0.1, 0.15) is 5.56 Å². The summed E-state index contributed by atoms with van der Waals surface area (Å²) in [5, 5.41) is 0. The fourth-order valence-electron chi connectivity index (χ4n) is 1.72. The van der Waals surface area contributed by atoms with Gasteiger partial charge in [-0.15, -0.1) is 0 Å². The summed E-state index contributed by atoms with van der Waals surface area (Å²) in [7, 11) is 1.62. The molecular formula is C11H16N2O3. The molecule has 5 nitrogen and oxygen atoms in total. The first-order valence-corrected chi connectivity index (χ1v) is 5.10. The molecule has 0 bridgehead atoms. The van der Waals surface area contributed by atoms with Gasteiger partial charge in [-0.2, -0.15) is 0 Å². The molecule has 0 fully saturated rings. The van der Waals surface area contributed by atoms with Gasteiger partial charge in [0, 0.05) is 7.11 Å². The van der Waals surface area contributed by atoms with Crippen LogP contribution < -0.4 is 20.9 Å². The van der Waals surface area contributed by atoms with Gasteiger partial charge in [-0.3, -0.25) is 0 Å². The highest BCUT2D eigenvalue weighted by Crippen LogP contribution is 2.43. The van der Waals surface area contributed by atoms with Gasteiger partial charge >= 0.3 is 0 Å². The van der Waals surface area contributed by atoms with Crippen molar-refractivity contribution >= 4 is 11.4 Å². The molecule has 1 atom stereocenters. The minimum absolute atomic E-state index is 0.137. The number of nitrogen functional groups attached to an aromatic ring is 2. The molecule has 1 aliphatic rings. The van der Waals surface area contributed by atoms with E-state index in [1.165, 1.54) is 0 Å². The molecule has 0 spiro atoms. The quantitative estimate of drug-likeness (QED) is 0.731. The summed E-state index contributed by atoms with van der Waals surface area (Å²) in [6, 6.07) is 1.78. The van der Waals surface area contributed by atoms with E-state index in [0.29, 0.717) is 36.1 Å². The highest BCUT2D eigenvalue weighted by Gasteiger charge is 2.25. The molecule has 0 radical (unpaired) electrons. The number of anilines is 2. The van der Waals surface area contributed by atoms with Crippen molar-refractivity contribution in [3.63, 3.8) is 0 Å². The summed E-state index contributed by atoms with van der Waals surface area (Å²) in [5.74, 6) is 1.07. The van der Waals surface area contributed by atoms with Crippen LogP contribution in [0.25, 0.3) is 0 Å². The smallest absolute Gasteiger partial charge is 0.186 e. The number of ether oxygens (including phenoxy) is 3. The van der Waals surface area contributed by atoms with E-state index >= 15 is 0 Å². The predicted octanol–water partition coefficient (Wildman–Crippen LogP) is 0.946. The Hall–Kier alpha value is -1.62. The Bertz CT molecular complexity index is 407. The van der Waals surface area contributed by atoms with Crippen LogP contribution in [0.4, 0.5) is 11.4 Å². The van der Waals surface area contributed by atoms with Gasteiger partial charge in [0.15, 0.2) is 17.6 Å². The van der Waals surface area contributed by atoms with Crippen molar-refractivity contribution in [1.29, 1.82) is 0 Å². The molecule has 1 aromatic rings. The number of rotatable bonds is 2. The van der Waals surface area contributed by atoms with Gasteiger partial charge < -0.3 is 25.7 Å². The molecule has 1 unspecified atom stereocenters. The van der Waals surface area contributed by atoms with Gasteiger partial charge in [0.25, 0.3) is 0 Å². The van der Waals surface area contributed by atoms with Crippen LogP contribution in [0.5, 0.6) is 11.5 Å². The Morgan fingerprint density at radius 2 is 2.19 bits per heavy atom. The fraction of sp³-hybridized carbons (Fsp3) is 0.455. The van der Waals surface area contributed by atoms with Gasteiger partial charge in [0.05, 0.1) is 18.0 Å². The lowest BCUT2D eigenvalue weighted by atomic mass is 10.1. The maximum Gasteiger partial charge on any atom is 0.186 e. The third-order valence-corrected chi connectivity index (χ3v) is 2.56. The zero-order valence-electron chi connectivity index (χ0n) is 9.45. The van der Waals surface area contributed by atoms with E-state index in [9.17, 15) is 0 Å². The molecule has 0 aliphatic carbocycles. The summed E-state index contributed by atoms with van der Waals surface area (Å²) in [6.45, 7) is 2.77. The van der Waals surface area contributed by atoms with Crippen molar-refractivity contribution in [3.05, 3.63) is 11.6 Å². The third-order valence-electron chi connectivity index (χ3n) is 2.56. The van der Waals surface area contributed by atoms with Crippen molar-refractivity contribution in [2.75, 3.05) is 31.8 Å². The summed E-state index contributed by atoms with van der Waals surface area (Å²) in [4.78, 5) is 0. The van der Waals surface area contributed by atoms with E-state index in [4.69, 9.17) is 25.7 Å². The standard InChI is InChI=1S/C11H16N2O3/c1-6-3-8(12)10-11(9(6)13)15-5-7(16-10)4-14-2/h3,7H,4-5,12-13H2,1-2H3. The second-order valence-electron chi connectivity index (χ2n) is 3.86. The fourth-order valence-corrected chi connectivity index (χ4v) is 1.72. The van der Waals surface area contributed by atoms with E-state index in [1.807, 2.05) is 6.92 Å². The summed E-state index contributed by atoms with van der Waals surface area (Å²) >= 11 is 0. The number of nitrogens with two attached hydrogens (primary N) is 2. The maximum atomic E-state index is 5.90. The molecule has 0 aromatic heterocycles. The Balaban J connectivity index is 2.35. The first kappa shape index (κ1) is 10.9. The average molecular weight is 224 g/mol. The largest absolute Gasteiger partial charge is 0.484 e. The normalized spacial score (nSPS) is 18.5. The average Bonchev–Trinajstić information content (AvgIpc) is 2.27. The summed E-state index contributed by atoms with van der Waals surface area (Å²) in [6.07, 6.45) is -0.137. The van der Waals surface area contributed by atoms with Crippen LogP contribution in [-0.4, -0.2) is 26.4 Å².